The molecule has 0 atom stereocenters. The lowest BCUT2D eigenvalue weighted by atomic mass is 10.0. The lowest BCUT2D eigenvalue weighted by Gasteiger charge is -2.10. The van der Waals surface area contributed by atoms with E-state index in [1.165, 1.54) is 5.56 Å². The van der Waals surface area contributed by atoms with Gasteiger partial charge in [-0.05, 0) is 41.3 Å². The van der Waals surface area contributed by atoms with E-state index in [0.29, 0.717) is 18.2 Å². The molecule has 0 saturated carbocycles. The van der Waals surface area contributed by atoms with E-state index < -0.39 is 10.0 Å². The summed E-state index contributed by atoms with van der Waals surface area (Å²) in [6.07, 6.45) is 0. The largest absolute Gasteiger partial charge is 0.326 e. The Balaban J connectivity index is 2.19. The van der Waals surface area contributed by atoms with Crippen LogP contribution in [0.15, 0.2) is 53.4 Å². The van der Waals surface area contributed by atoms with Crippen LogP contribution in [0.2, 0.25) is 0 Å². The van der Waals surface area contributed by atoms with Crippen LogP contribution in [0.4, 0.5) is 5.69 Å². The normalized spacial score (nSPS) is 11.6. The van der Waals surface area contributed by atoms with Gasteiger partial charge in [-0.25, -0.2) is 8.42 Å². The van der Waals surface area contributed by atoms with E-state index in [4.69, 9.17) is 5.73 Å². The van der Waals surface area contributed by atoms with Gasteiger partial charge in [0.15, 0.2) is 0 Å². The molecule has 0 amide bonds. The predicted molar refractivity (Wildman–Crippen MR) is 85.7 cm³/mol. The number of hydrogen-bond donors (Lipinski definition) is 2. The van der Waals surface area contributed by atoms with Crippen LogP contribution in [0, 0.1) is 0 Å². The molecular formula is C16H20N2O2S. The van der Waals surface area contributed by atoms with Crippen LogP contribution >= 0.6 is 0 Å². The van der Waals surface area contributed by atoms with Crippen molar-refractivity contribution in [3.63, 3.8) is 0 Å². The number of rotatable bonds is 5. The fraction of sp³-hybridized carbons (Fsp3) is 0.250. The van der Waals surface area contributed by atoms with Crippen LogP contribution < -0.4 is 10.5 Å². The highest BCUT2D eigenvalue weighted by Gasteiger charge is 2.14. The smallest absolute Gasteiger partial charge is 0.261 e. The van der Waals surface area contributed by atoms with Crippen molar-refractivity contribution in [1.82, 2.24) is 0 Å². The number of benzene rings is 2. The summed E-state index contributed by atoms with van der Waals surface area (Å²) in [6, 6.07) is 14.0. The molecule has 4 nitrogen and oxygen atoms in total. The summed E-state index contributed by atoms with van der Waals surface area (Å²) in [6.45, 7) is 4.58. The molecule has 0 unspecified atom stereocenters. The van der Waals surface area contributed by atoms with Crippen LogP contribution in [0.3, 0.4) is 0 Å². The quantitative estimate of drug-likeness (QED) is 0.891. The minimum absolute atomic E-state index is 0.229. The van der Waals surface area contributed by atoms with Gasteiger partial charge in [0, 0.05) is 12.2 Å². The Morgan fingerprint density at radius 2 is 1.57 bits per heavy atom. The standard InChI is InChI=1S/C16H20N2O2S/c1-12(2)14-5-7-15(8-6-14)18-21(19,20)16-9-3-13(11-17)4-10-16/h3-10,12,18H,11,17H2,1-2H3. The Labute approximate surface area is 126 Å². The minimum Gasteiger partial charge on any atom is -0.326 e. The van der Waals surface area contributed by atoms with Gasteiger partial charge in [-0.2, -0.15) is 0 Å². The van der Waals surface area contributed by atoms with Crippen molar-refractivity contribution in [3.8, 4) is 0 Å². The van der Waals surface area contributed by atoms with Gasteiger partial charge in [-0.15, -0.1) is 0 Å². The molecule has 0 aliphatic rings. The average molecular weight is 304 g/mol. The second kappa shape index (κ2) is 6.28. The highest BCUT2D eigenvalue weighted by atomic mass is 32.2. The maximum atomic E-state index is 12.3. The molecule has 112 valence electrons. The number of nitrogens with one attached hydrogen (secondary N) is 1. The van der Waals surface area contributed by atoms with Crippen LogP contribution in [-0.2, 0) is 16.6 Å². The van der Waals surface area contributed by atoms with E-state index in [9.17, 15) is 8.42 Å². The van der Waals surface area contributed by atoms with Crippen molar-refractivity contribution < 1.29 is 8.42 Å². The summed E-state index contributed by atoms with van der Waals surface area (Å²) in [5, 5.41) is 0. The molecule has 0 bridgehead atoms. The Morgan fingerprint density at radius 1 is 1.00 bits per heavy atom. The lowest BCUT2D eigenvalue weighted by Crippen LogP contribution is -2.13. The zero-order valence-electron chi connectivity index (χ0n) is 12.2. The van der Waals surface area contributed by atoms with Gasteiger partial charge in [0.05, 0.1) is 4.90 Å². The van der Waals surface area contributed by atoms with Gasteiger partial charge in [0.1, 0.15) is 0 Å². The summed E-state index contributed by atoms with van der Waals surface area (Å²) in [4.78, 5) is 0.229. The topological polar surface area (TPSA) is 72.2 Å². The molecule has 0 heterocycles. The molecule has 2 rings (SSSR count). The number of sulfonamides is 1. The maximum absolute atomic E-state index is 12.3. The van der Waals surface area contributed by atoms with Crippen LogP contribution in [0.1, 0.15) is 30.9 Å². The van der Waals surface area contributed by atoms with Crippen molar-refractivity contribution >= 4 is 15.7 Å². The molecule has 3 N–H and O–H groups in total. The molecular weight excluding hydrogens is 284 g/mol. The first kappa shape index (κ1) is 15.5. The van der Waals surface area contributed by atoms with E-state index in [1.807, 2.05) is 12.1 Å². The van der Waals surface area contributed by atoms with Gasteiger partial charge >= 0.3 is 0 Å². The van der Waals surface area contributed by atoms with Gasteiger partial charge in [0.2, 0.25) is 0 Å². The number of nitrogens with two attached hydrogens (primary N) is 1. The molecule has 0 aliphatic carbocycles. The molecule has 21 heavy (non-hydrogen) atoms. The third-order valence-corrected chi connectivity index (χ3v) is 4.70. The van der Waals surface area contributed by atoms with Gasteiger partial charge < -0.3 is 5.73 Å². The molecule has 0 spiro atoms. The van der Waals surface area contributed by atoms with Gasteiger partial charge in [-0.1, -0.05) is 38.1 Å². The van der Waals surface area contributed by atoms with Crippen molar-refractivity contribution in [3.05, 3.63) is 59.7 Å². The highest BCUT2D eigenvalue weighted by Crippen LogP contribution is 2.20. The summed E-state index contributed by atoms with van der Waals surface area (Å²) < 4.78 is 27.1. The second-order valence-electron chi connectivity index (χ2n) is 5.23. The Hall–Kier alpha value is -1.85. The molecule has 5 heteroatoms. The molecule has 0 aromatic heterocycles. The lowest BCUT2D eigenvalue weighted by molar-refractivity contribution is 0.601. The van der Waals surface area contributed by atoms with Crippen LogP contribution in [0.25, 0.3) is 0 Å². The minimum atomic E-state index is -3.56. The molecule has 0 aliphatic heterocycles. The van der Waals surface area contributed by atoms with Crippen molar-refractivity contribution in [2.75, 3.05) is 4.72 Å². The first-order chi connectivity index (χ1) is 9.92. The van der Waals surface area contributed by atoms with Gasteiger partial charge in [-0.3, -0.25) is 4.72 Å². The molecule has 0 fully saturated rings. The monoisotopic (exact) mass is 304 g/mol. The van der Waals surface area contributed by atoms with Gasteiger partial charge in [0.25, 0.3) is 10.0 Å². The zero-order chi connectivity index (χ0) is 15.5. The predicted octanol–water partition coefficient (Wildman–Crippen LogP) is 3.07. The Morgan fingerprint density at radius 3 is 2.05 bits per heavy atom. The fourth-order valence-corrected chi connectivity index (χ4v) is 3.01. The maximum Gasteiger partial charge on any atom is 0.261 e. The van der Waals surface area contributed by atoms with E-state index in [1.54, 1.807) is 36.4 Å². The van der Waals surface area contributed by atoms with Crippen LogP contribution in [0.5, 0.6) is 0 Å². The number of hydrogen-bond acceptors (Lipinski definition) is 3. The average Bonchev–Trinajstić information content (AvgIpc) is 2.47. The molecule has 0 saturated heterocycles. The molecule has 2 aromatic carbocycles. The first-order valence-electron chi connectivity index (χ1n) is 6.84. The van der Waals surface area contributed by atoms with E-state index in [-0.39, 0.29) is 4.90 Å². The SMILES string of the molecule is CC(C)c1ccc(NS(=O)(=O)c2ccc(CN)cc2)cc1. The first-order valence-corrected chi connectivity index (χ1v) is 8.32. The Bertz CT molecular complexity index is 690. The zero-order valence-corrected chi connectivity index (χ0v) is 13.0. The summed E-state index contributed by atoms with van der Waals surface area (Å²) in [7, 11) is -3.56. The third-order valence-electron chi connectivity index (χ3n) is 3.30. The third kappa shape index (κ3) is 3.83. The van der Waals surface area contributed by atoms with E-state index >= 15 is 0 Å². The van der Waals surface area contributed by atoms with Crippen molar-refractivity contribution in [2.45, 2.75) is 31.2 Å². The van der Waals surface area contributed by atoms with E-state index in [2.05, 4.69) is 18.6 Å². The summed E-state index contributed by atoms with van der Waals surface area (Å²) in [5.41, 5.74) is 8.13. The molecule has 2 aromatic rings. The van der Waals surface area contributed by atoms with E-state index in [0.717, 1.165) is 5.56 Å². The second-order valence-corrected chi connectivity index (χ2v) is 6.91. The van der Waals surface area contributed by atoms with Crippen LogP contribution in [-0.4, -0.2) is 8.42 Å². The Kier molecular flexibility index (Phi) is 4.65. The number of anilines is 1. The van der Waals surface area contributed by atoms with Crippen molar-refractivity contribution in [1.29, 1.82) is 0 Å². The fourth-order valence-electron chi connectivity index (χ4n) is 1.95. The highest BCUT2D eigenvalue weighted by molar-refractivity contribution is 7.92. The summed E-state index contributed by atoms with van der Waals surface area (Å²) in [5.74, 6) is 0.416. The molecule has 0 radical (unpaired) electrons. The summed E-state index contributed by atoms with van der Waals surface area (Å²) >= 11 is 0. The van der Waals surface area contributed by atoms with Crippen molar-refractivity contribution in [2.24, 2.45) is 5.73 Å².